The first-order valence-corrected chi connectivity index (χ1v) is 4.67. The summed E-state index contributed by atoms with van der Waals surface area (Å²) >= 11 is 0. The Morgan fingerprint density at radius 2 is 2.27 bits per heavy atom. The topological polar surface area (TPSA) is 45.4 Å². The first kappa shape index (κ1) is 10.1. The van der Waals surface area contributed by atoms with Gasteiger partial charge in [0.05, 0.1) is 12.8 Å². The van der Waals surface area contributed by atoms with Crippen LogP contribution in [0.3, 0.4) is 0 Å². The number of likely N-dealkylation sites (N-methyl/N-ethyl adjacent to an activating group) is 1. The van der Waals surface area contributed by atoms with Crippen LogP contribution < -0.4 is 5.32 Å². The first-order valence-electron chi connectivity index (χ1n) is 4.67. The fraction of sp³-hybridized carbons (Fsp3) is 0.273. The number of furan rings is 1. The summed E-state index contributed by atoms with van der Waals surface area (Å²) in [5.41, 5.74) is 0.907. The molecule has 1 aromatic heterocycles. The Kier molecular flexibility index (Phi) is 2.46. The van der Waals surface area contributed by atoms with Crippen molar-refractivity contribution in [2.24, 2.45) is 0 Å². The summed E-state index contributed by atoms with van der Waals surface area (Å²) in [6, 6.07) is 6.47. The number of hydrogen-bond donors (Lipinski definition) is 2. The van der Waals surface area contributed by atoms with Crippen molar-refractivity contribution in [3.63, 3.8) is 0 Å². The van der Waals surface area contributed by atoms with Crippen LogP contribution in [0.1, 0.15) is 5.56 Å². The molecule has 0 bridgehead atoms. The van der Waals surface area contributed by atoms with Gasteiger partial charge in [-0.05, 0) is 31.3 Å². The van der Waals surface area contributed by atoms with E-state index in [-0.39, 0.29) is 12.1 Å². The maximum Gasteiger partial charge on any atom is 0.245 e. The van der Waals surface area contributed by atoms with Gasteiger partial charge in [0.2, 0.25) is 5.85 Å². The van der Waals surface area contributed by atoms with Crippen LogP contribution in [0.5, 0.6) is 0 Å². The highest BCUT2D eigenvalue weighted by molar-refractivity contribution is 5.77. The monoisotopic (exact) mass is 209 g/mol. The average molecular weight is 209 g/mol. The van der Waals surface area contributed by atoms with E-state index in [0.717, 1.165) is 5.39 Å². The van der Waals surface area contributed by atoms with Gasteiger partial charge in [-0.1, -0.05) is 0 Å². The van der Waals surface area contributed by atoms with Crippen molar-refractivity contribution in [1.82, 2.24) is 5.32 Å². The van der Waals surface area contributed by atoms with E-state index in [1.807, 2.05) is 0 Å². The van der Waals surface area contributed by atoms with Crippen molar-refractivity contribution in [2.45, 2.75) is 5.85 Å². The van der Waals surface area contributed by atoms with E-state index in [1.165, 1.54) is 12.3 Å². The summed E-state index contributed by atoms with van der Waals surface area (Å²) in [6.07, 6.45) is 1.53. The van der Waals surface area contributed by atoms with Crippen molar-refractivity contribution in [3.8, 4) is 0 Å². The summed E-state index contributed by atoms with van der Waals surface area (Å²) in [5.74, 6) is -2.35. The standard InChI is InChI=1S/C11H12FNO2/c1-13-7-11(12,14)9-2-3-10-8(6-9)4-5-15-10/h2-6,13-14H,7H2,1H3. The number of halogens is 1. The van der Waals surface area contributed by atoms with Crippen LogP contribution in [0.25, 0.3) is 11.0 Å². The Labute approximate surface area is 86.5 Å². The molecule has 15 heavy (non-hydrogen) atoms. The van der Waals surface area contributed by atoms with Crippen LogP contribution in [0.4, 0.5) is 4.39 Å². The minimum Gasteiger partial charge on any atom is -0.464 e. The lowest BCUT2D eigenvalue weighted by Crippen LogP contribution is -2.32. The Bertz CT molecular complexity index is 464. The minimum absolute atomic E-state index is 0.143. The van der Waals surface area contributed by atoms with E-state index >= 15 is 0 Å². The number of aliphatic hydroxyl groups is 1. The predicted molar refractivity (Wildman–Crippen MR) is 55.1 cm³/mol. The number of rotatable bonds is 3. The minimum atomic E-state index is -2.35. The Morgan fingerprint density at radius 3 is 3.00 bits per heavy atom. The molecule has 0 saturated heterocycles. The van der Waals surface area contributed by atoms with E-state index in [2.05, 4.69) is 5.32 Å². The van der Waals surface area contributed by atoms with E-state index < -0.39 is 5.85 Å². The molecule has 1 aromatic carbocycles. The van der Waals surface area contributed by atoms with Crippen molar-refractivity contribution < 1.29 is 13.9 Å². The van der Waals surface area contributed by atoms with Crippen LogP contribution in [0, 0.1) is 0 Å². The second-order valence-electron chi connectivity index (χ2n) is 3.46. The van der Waals surface area contributed by atoms with Gasteiger partial charge in [-0.25, -0.2) is 4.39 Å². The van der Waals surface area contributed by atoms with Crippen LogP contribution in [0.2, 0.25) is 0 Å². The maximum absolute atomic E-state index is 13.7. The number of alkyl halides is 1. The lowest BCUT2D eigenvalue weighted by Gasteiger charge is -2.18. The molecule has 2 rings (SSSR count). The zero-order valence-corrected chi connectivity index (χ0v) is 8.33. The van der Waals surface area contributed by atoms with E-state index in [4.69, 9.17) is 4.42 Å². The van der Waals surface area contributed by atoms with Crippen LogP contribution in [-0.2, 0) is 5.85 Å². The molecule has 4 heteroatoms. The van der Waals surface area contributed by atoms with E-state index in [1.54, 1.807) is 25.2 Å². The summed E-state index contributed by atoms with van der Waals surface area (Å²) in [5, 5.41) is 12.9. The van der Waals surface area contributed by atoms with Crippen molar-refractivity contribution in [2.75, 3.05) is 13.6 Å². The molecule has 0 aliphatic rings. The molecular weight excluding hydrogens is 197 g/mol. The van der Waals surface area contributed by atoms with Gasteiger partial charge in [-0.3, -0.25) is 0 Å². The highest BCUT2D eigenvalue weighted by atomic mass is 19.2. The van der Waals surface area contributed by atoms with Crippen molar-refractivity contribution >= 4 is 11.0 Å². The summed E-state index contributed by atoms with van der Waals surface area (Å²) in [4.78, 5) is 0. The van der Waals surface area contributed by atoms with Gasteiger partial charge in [0.1, 0.15) is 5.58 Å². The first-order chi connectivity index (χ1) is 7.13. The van der Waals surface area contributed by atoms with Gasteiger partial charge in [0.25, 0.3) is 0 Å². The zero-order chi connectivity index (χ0) is 10.9. The third kappa shape index (κ3) is 1.86. The number of nitrogens with one attached hydrogen (secondary N) is 1. The molecule has 0 spiro atoms. The molecule has 3 nitrogen and oxygen atoms in total. The molecule has 0 aliphatic heterocycles. The van der Waals surface area contributed by atoms with Crippen LogP contribution >= 0.6 is 0 Å². The van der Waals surface area contributed by atoms with Crippen molar-refractivity contribution in [1.29, 1.82) is 0 Å². The lowest BCUT2D eigenvalue weighted by molar-refractivity contribution is -0.0910. The van der Waals surface area contributed by atoms with Gasteiger partial charge in [-0.2, -0.15) is 0 Å². The second-order valence-corrected chi connectivity index (χ2v) is 3.46. The zero-order valence-electron chi connectivity index (χ0n) is 8.33. The normalized spacial score (nSPS) is 15.4. The van der Waals surface area contributed by atoms with Gasteiger partial charge in [0, 0.05) is 10.9 Å². The molecule has 0 fully saturated rings. The summed E-state index contributed by atoms with van der Waals surface area (Å²) in [7, 11) is 1.58. The van der Waals surface area contributed by atoms with Gasteiger partial charge < -0.3 is 14.8 Å². The molecule has 0 radical (unpaired) electrons. The van der Waals surface area contributed by atoms with Gasteiger partial charge in [-0.15, -0.1) is 0 Å². The third-order valence-corrected chi connectivity index (χ3v) is 2.31. The fourth-order valence-corrected chi connectivity index (χ4v) is 1.54. The summed E-state index contributed by atoms with van der Waals surface area (Å²) in [6.45, 7) is -0.143. The molecule has 1 atom stereocenters. The van der Waals surface area contributed by atoms with Crippen LogP contribution in [0.15, 0.2) is 34.9 Å². The molecule has 1 heterocycles. The number of benzene rings is 1. The third-order valence-electron chi connectivity index (χ3n) is 2.31. The highest BCUT2D eigenvalue weighted by Crippen LogP contribution is 2.26. The molecule has 0 amide bonds. The quantitative estimate of drug-likeness (QED) is 0.809. The molecule has 80 valence electrons. The van der Waals surface area contributed by atoms with E-state index in [0.29, 0.717) is 5.58 Å². The fourth-order valence-electron chi connectivity index (χ4n) is 1.54. The molecule has 2 N–H and O–H groups in total. The Morgan fingerprint density at radius 1 is 1.47 bits per heavy atom. The van der Waals surface area contributed by atoms with Gasteiger partial charge in [0.15, 0.2) is 0 Å². The maximum atomic E-state index is 13.7. The average Bonchev–Trinajstić information content (AvgIpc) is 2.63. The molecule has 0 aliphatic carbocycles. The molecule has 2 aromatic rings. The Hall–Kier alpha value is -1.39. The molecule has 1 unspecified atom stereocenters. The Balaban J connectivity index is 2.42. The van der Waals surface area contributed by atoms with Crippen LogP contribution in [-0.4, -0.2) is 18.7 Å². The van der Waals surface area contributed by atoms with E-state index in [9.17, 15) is 9.50 Å². The van der Waals surface area contributed by atoms with Crippen molar-refractivity contribution in [3.05, 3.63) is 36.1 Å². The smallest absolute Gasteiger partial charge is 0.245 e. The predicted octanol–water partition coefficient (Wildman–Crippen LogP) is 1.77. The molecular formula is C11H12FNO2. The lowest BCUT2D eigenvalue weighted by atomic mass is 10.1. The number of fused-ring (bicyclic) bond motifs is 1. The molecule has 0 saturated carbocycles. The SMILES string of the molecule is CNCC(O)(F)c1ccc2occc2c1. The second kappa shape index (κ2) is 3.64. The largest absolute Gasteiger partial charge is 0.464 e. The van der Waals surface area contributed by atoms with Gasteiger partial charge >= 0.3 is 0 Å². The number of hydrogen-bond acceptors (Lipinski definition) is 3. The highest BCUT2D eigenvalue weighted by Gasteiger charge is 2.27. The summed E-state index contributed by atoms with van der Waals surface area (Å²) < 4.78 is 18.8.